The van der Waals surface area contributed by atoms with E-state index in [0.717, 1.165) is 37.2 Å². The minimum Gasteiger partial charge on any atom is -0.381 e. The van der Waals surface area contributed by atoms with Crippen LogP contribution < -0.4 is 16.4 Å². The third-order valence-electron chi connectivity index (χ3n) is 6.10. The van der Waals surface area contributed by atoms with E-state index in [1.807, 2.05) is 4.90 Å². The van der Waals surface area contributed by atoms with Crippen LogP contribution >= 0.6 is 11.8 Å². The van der Waals surface area contributed by atoms with Crippen molar-refractivity contribution in [1.82, 2.24) is 15.0 Å². The van der Waals surface area contributed by atoms with E-state index in [-0.39, 0.29) is 21.2 Å². The molecule has 2 atom stereocenters. The molecule has 3 heterocycles. The van der Waals surface area contributed by atoms with Crippen molar-refractivity contribution in [2.24, 2.45) is 11.1 Å². The lowest BCUT2D eigenvalue weighted by Crippen LogP contribution is -2.49. The van der Waals surface area contributed by atoms with Gasteiger partial charge in [0.25, 0.3) is 0 Å². The molecule has 0 aromatic carbocycles. The highest BCUT2D eigenvalue weighted by Crippen LogP contribution is 2.47. The molecule has 1 saturated carbocycles. The molecule has 6 nitrogen and oxygen atoms in total. The first-order valence-electron chi connectivity index (χ1n) is 9.67. The number of hydrogen-bond acceptors (Lipinski definition) is 7. The Kier molecular flexibility index (Phi) is 5.52. The van der Waals surface area contributed by atoms with Crippen LogP contribution in [0.5, 0.6) is 0 Å². The van der Waals surface area contributed by atoms with E-state index in [1.54, 1.807) is 0 Å². The fourth-order valence-electron chi connectivity index (χ4n) is 4.32. The molecule has 0 amide bonds. The second kappa shape index (κ2) is 7.84. The SMILES string of the molecule is Nc1nc(N2CCC3(CCC(F)C3N)CC2)cnc1Sc1cccnc1C(F)(F)F. The second-order valence-electron chi connectivity index (χ2n) is 7.80. The Morgan fingerprint density at radius 2 is 1.90 bits per heavy atom. The van der Waals surface area contributed by atoms with Crippen LogP contribution in [0, 0.1) is 5.41 Å². The molecule has 2 aromatic heterocycles. The van der Waals surface area contributed by atoms with Gasteiger partial charge in [-0.3, -0.25) is 4.98 Å². The van der Waals surface area contributed by atoms with Crippen molar-refractivity contribution in [3.8, 4) is 0 Å². The summed E-state index contributed by atoms with van der Waals surface area (Å²) in [7, 11) is 0. The summed E-state index contributed by atoms with van der Waals surface area (Å²) >= 11 is 0.781. The Morgan fingerprint density at radius 3 is 2.50 bits per heavy atom. The number of alkyl halides is 4. The molecule has 1 aliphatic carbocycles. The van der Waals surface area contributed by atoms with Crippen molar-refractivity contribution in [1.29, 1.82) is 0 Å². The summed E-state index contributed by atoms with van der Waals surface area (Å²) in [5, 5.41) is 0.184. The van der Waals surface area contributed by atoms with Crippen molar-refractivity contribution >= 4 is 23.4 Å². The number of pyridine rings is 1. The van der Waals surface area contributed by atoms with Crippen molar-refractivity contribution in [2.75, 3.05) is 23.7 Å². The molecule has 1 spiro atoms. The molecule has 1 saturated heterocycles. The largest absolute Gasteiger partial charge is 0.434 e. The number of nitrogens with zero attached hydrogens (tertiary/aromatic N) is 4. The molecule has 2 aromatic rings. The lowest BCUT2D eigenvalue weighted by atomic mass is 9.74. The van der Waals surface area contributed by atoms with Gasteiger partial charge in [-0.15, -0.1) is 0 Å². The van der Waals surface area contributed by atoms with E-state index in [1.165, 1.54) is 18.3 Å². The van der Waals surface area contributed by atoms with E-state index in [4.69, 9.17) is 11.5 Å². The lowest BCUT2D eigenvalue weighted by molar-refractivity contribution is -0.143. The van der Waals surface area contributed by atoms with Gasteiger partial charge in [-0.1, -0.05) is 11.8 Å². The minimum atomic E-state index is -4.57. The average Bonchev–Trinajstić information content (AvgIpc) is 2.98. The number of nitrogen functional groups attached to an aromatic ring is 1. The lowest BCUT2D eigenvalue weighted by Gasteiger charge is -2.42. The summed E-state index contributed by atoms with van der Waals surface area (Å²) in [5.41, 5.74) is 10.9. The molecule has 162 valence electrons. The Hall–Kier alpha value is -2.14. The van der Waals surface area contributed by atoms with Gasteiger partial charge >= 0.3 is 6.18 Å². The van der Waals surface area contributed by atoms with Crippen LogP contribution in [-0.4, -0.2) is 40.3 Å². The van der Waals surface area contributed by atoms with Crippen LogP contribution in [0.4, 0.5) is 29.2 Å². The quantitative estimate of drug-likeness (QED) is 0.701. The molecule has 0 radical (unpaired) electrons. The first kappa shape index (κ1) is 21.1. The molecule has 2 fully saturated rings. The maximum atomic E-state index is 13.9. The molecule has 4 N–H and O–H groups in total. The molecular weight excluding hydrogens is 420 g/mol. The van der Waals surface area contributed by atoms with E-state index in [0.29, 0.717) is 25.3 Å². The van der Waals surface area contributed by atoms with E-state index < -0.39 is 24.1 Å². The van der Waals surface area contributed by atoms with Gasteiger partial charge in [-0.25, -0.2) is 14.4 Å². The fraction of sp³-hybridized carbons (Fsp3) is 0.526. The maximum Gasteiger partial charge on any atom is 0.434 e. The fourth-order valence-corrected chi connectivity index (χ4v) is 5.20. The number of hydrogen-bond donors (Lipinski definition) is 2. The summed E-state index contributed by atoms with van der Waals surface area (Å²) in [6.07, 6.45) is -0.100. The Balaban J connectivity index is 1.48. The number of piperidine rings is 1. The third-order valence-corrected chi connectivity index (χ3v) is 7.15. The van der Waals surface area contributed by atoms with Crippen LogP contribution in [0.15, 0.2) is 34.4 Å². The van der Waals surface area contributed by atoms with Crippen LogP contribution in [-0.2, 0) is 6.18 Å². The van der Waals surface area contributed by atoms with Crippen molar-refractivity contribution < 1.29 is 17.6 Å². The number of rotatable bonds is 3. The van der Waals surface area contributed by atoms with Gasteiger partial charge in [0.1, 0.15) is 17.0 Å². The van der Waals surface area contributed by atoms with E-state index in [2.05, 4.69) is 15.0 Å². The molecule has 0 bridgehead atoms. The summed E-state index contributed by atoms with van der Waals surface area (Å²) in [6.45, 7) is 1.31. The first-order valence-corrected chi connectivity index (χ1v) is 10.5. The zero-order valence-electron chi connectivity index (χ0n) is 16.1. The smallest absolute Gasteiger partial charge is 0.381 e. The van der Waals surface area contributed by atoms with Gasteiger partial charge < -0.3 is 16.4 Å². The Bertz CT molecular complexity index is 916. The number of halogens is 4. The minimum absolute atomic E-state index is 0.0520. The number of aromatic nitrogens is 3. The normalized spacial score (nSPS) is 23.8. The van der Waals surface area contributed by atoms with Crippen molar-refractivity contribution in [3.63, 3.8) is 0 Å². The zero-order chi connectivity index (χ0) is 21.5. The molecular formula is C19H22F4N6S. The number of nitrogens with two attached hydrogens (primary N) is 2. The zero-order valence-corrected chi connectivity index (χ0v) is 16.9. The standard InChI is InChI=1S/C19H22F4N6S/c20-11-3-4-18(14(11)24)5-8-29(9-6-18)13-10-27-17(16(25)28-13)30-12-2-1-7-26-15(12)19(21,22)23/h1-2,7,10-11,14H,3-6,8-9,24H2,(H2,25,28). The first-order chi connectivity index (χ1) is 14.2. The van der Waals surface area contributed by atoms with Gasteiger partial charge in [-0.05, 0) is 43.2 Å². The van der Waals surface area contributed by atoms with Gasteiger partial charge in [0.2, 0.25) is 0 Å². The van der Waals surface area contributed by atoms with Crippen molar-refractivity contribution in [2.45, 2.75) is 54.0 Å². The van der Waals surface area contributed by atoms with Gasteiger partial charge in [-0.2, -0.15) is 13.2 Å². The van der Waals surface area contributed by atoms with Crippen LogP contribution in [0.1, 0.15) is 31.4 Å². The highest BCUT2D eigenvalue weighted by Gasteiger charge is 2.48. The van der Waals surface area contributed by atoms with Gasteiger partial charge in [0.15, 0.2) is 11.5 Å². The maximum absolute atomic E-state index is 13.9. The predicted octanol–water partition coefficient (Wildman–Crippen LogP) is 3.67. The highest BCUT2D eigenvalue weighted by molar-refractivity contribution is 7.99. The molecule has 1 aliphatic heterocycles. The molecule has 30 heavy (non-hydrogen) atoms. The molecule has 2 aliphatic rings. The third kappa shape index (κ3) is 3.92. The summed E-state index contributed by atoms with van der Waals surface area (Å²) in [5.74, 6) is 0.605. The predicted molar refractivity (Wildman–Crippen MR) is 106 cm³/mol. The second-order valence-corrected chi connectivity index (χ2v) is 8.83. The summed E-state index contributed by atoms with van der Waals surface area (Å²) < 4.78 is 53.4. The molecule has 4 rings (SSSR count). The van der Waals surface area contributed by atoms with Crippen molar-refractivity contribution in [3.05, 3.63) is 30.2 Å². The van der Waals surface area contributed by atoms with Gasteiger partial charge in [0, 0.05) is 30.2 Å². The van der Waals surface area contributed by atoms with E-state index >= 15 is 0 Å². The topological polar surface area (TPSA) is 94.0 Å². The van der Waals surface area contributed by atoms with Crippen LogP contribution in [0.3, 0.4) is 0 Å². The highest BCUT2D eigenvalue weighted by atomic mass is 32.2. The average molecular weight is 442 g/mol. The van der Waals surface area contributed by atoms with Gasteiger partial charge in [0.05, 0.1) is 6.20 Å². The van der Waals surface area contributed by atoms with Crippen LogP contribution in [0.25, 0.3) is 0 Å². The molecule has 11 heteroatoms. The van der Waals surface area contributed by atoms with Crippen LogP contribution in [0.2, 0.25) is 0 Å². The number of anilines is 2. The Morgan fingerprint density at radius 1 is 1.17 bits per heavy atom. The monoisotopic (exact) mass is 442 g/mol. The van der Waals surface area contributed by atoms with E-state index in [9.17, 15) is 17.6 Å². The summed E-state index contributed by atoms with van der Waals surface area (Å²) in [4.78, 5) is 13.9. The molecule has 2 unspecified atom stereocenters. The summed E-state index contributed by atoms with van der Waals surface area (Å²) in [6, 6.07) is 2.31. The Labute approximate surface area is 175 Å².